The molecule has 30 heavy (non-hydrogen) atoms. The van der Waals surface area contributed by atoms with E-state index in [0.29, 0.717) is 16.9 Å². The molecule has 0 unspecified atom stereocenters. The number of aromatic nitrogens is 3. The summed E-state index contributed by atoms with van der Waals surface area (Å²) in [4.78, 5) is 29.0. The van der Waals surface area contributed by atoms with E-state index in [1.165, 1.54) is 12.3 Å². The summed E-state index contributed by atoms with van der Waals surface area (Å²) in [7, 11) is 1.84. The standard InChI is InChI=1S/C23H19N5O2/c1-28-11-10-19(27-28)16-8-5-9-17(12-16)23(30)26-20-13-18(22(24)29)14-25-21(20)15-6-3-2-4-7-15/h2-14H,1H3,(H2,24,29)(H,26,30). The van der Waals surface area contributed by atoms with Crippen LogP contribution in [0.4, 0.5) is 5.69 Å². The topological polar surface area (TPSA) is 103 Å². The first-order valence-electron chi connectivity index (χ1n) is 9.28. The van der Waals surface area contributed by atoms with Crippen molar-refractivity contribution in [3.05, 3.63) is 90.3 Å². The summed E-state index contributed by atoms with van der Waals surface area (Å²) in [6.07, 6.45) is 3.25. The van der Waals surface area contributed by atoms with Crippen LogP contribution in [-0.2, 0) is 7.05 Å². The average Bonchev–Trinajstić information content (AvgIpc) is 3.20. The maximum atomic E-state index is 13.0. The number of carbonyl (C=O) groups excluding carboxylic acids is 2. The molecule has 7 nitrogen and oxygen atoms in total. The molecule has 4 rings (SSSR count). The smallest absolute Gasteiger partial charge is 0.255 e. The third-order valence-corrected chi connectivity index (χ3v) is 4.60. The van der Waals surface area contributed by atoms with Crippen LogP contribution >= 0.6 is 0 Å². The molecule has 0 bridgehead atoms. The highest BCUT2D eigenvalue weighted by Crippen LogP contribution is 2.27. The van der Waals surface area contributed by atoms with Gasteiger partial charge in [0.25, 0.3) is 5.91 Å². The summed E-state index contributed by atoms with van der Waals surface area (Å²) in [5.41, 5.74) is 9.45. The molecular weight excluding hydrogens is 378 g/mol. The van der Waals surface area contributed by atoms with Crippen molar-refractivity contribution in [3.8, 4) is 22.5 Å². The van der Waals surface area contributed by atoms with Crippen molar-refractivity contribution in [2.75, 3.05) is 5.32 Å². The lowest BCUT2D eigenvalue weighted by Gasteiger charge is -2.12. The maximum absolute atomic E-state index is 13.0. The van der Waals surface area contributed by atoms with Gasteiger partial charge in [-0.3, -0.25) is 19.3 Å². The van der Waals surface area contributed by atoms with Gasteiger partial charge < -0.3 is 11.1 Å². The second kappa shape index (κ2) is 8.00. The molecule has 0 aliphatic heterocycles. The molecule has 2 aromatic carbocycles. The number of hydrogen-bond acceptors (Lipinski definition) is 4. The van der Waals surface area contributed by atoms with E-state index in [0.717, 1.165) is 16.8 Å². The van der Waals surface area contributed by atoms with E-state index in [2.05, 4.69) is 15.4 Å². The fraction of sp³-hybridized carbons (Fsp3) is 0.0435. The van der Waals surface area contributed by atoms with Crippen LogP contribution < -0.4 is 11.1 Å². The van der Waals surface area contributed by atoms with E-state index < -0.39 is 5.91 Å². The summed E-state index contributed by atoms with van der Waals surface area (Å²) in [6.45, 7) is 0. The van der Waals surface area contributed by atoms with Crippen LogP contribution in [0, 0.1) is 0 Å². The molecular formula is C23H19N5O2. The van der Waals surface area contributed by atoms with Crippen LogP contribution in [0.2, 0.25) is 0 Å². The molecule has 0 fully saturated rings. The fourth-order valence-electron chi connectivity index (χ4n) is 3.10. The number of nitrogens with zero attached hydrogens (tertiary/aromatic N) is 3. The zero-order valence-electron chi connectivity index (χ0n) is 16.2. The second-order valence-corrected chi connectivity index (χ2v) is 6.76. The van der Waals surface area contributed by atoms with Crippen molar-refractivity contribution in [2.45, 2.75) is 0 Å². The van der Waals surface area contributed by atoms with Gasteiger partial charge in [-0.15, -0.1) is 0 Å². The molecule has 0 saturated heterocycles. The molecule has 148 valence electrons. The van der Waals surface area contributed by atoms with E-state index in [1.807, 2.05) is 55.7 Å². The zero-order valence-corrected chi connectivity index (χ0v) is 16.2. The number of aryl methyl sites for hydroxylation is 1. The summed E-state index contributed by atoms with van der Waals surface area (Å²) in [5.74, 6) is -0.942. The normalized spacial score (nSPS) is 10.6. The Morgan fingerprint density at radius 3 is 2.40 bits per heavy atom. The summed E-state index contributed by atoms with van der Waals surface area (Å²) in [5, 5.41) is 7.24. The van der Waals surface area contributed by atoms with Crippen molar-refractivity contribution < 1.29 is 9.59 Å². The zero-order chi connectivity index (χ0) is 21.1. The third-order valence-electron chi connectivity index (χ3n) is 4.60. The number of hydrogen-bond donors (Lipinski definition) is 2. The lowest BCUT2D eigenvalue weighted by atomic mass is 10.1. The van der Waals surface area contributed by atoms with Crippen LogP contribution in [0.5, 0.6) is 0 Å². The van der Waals surface area contributed by atoms with Crippen molar-refractivity contribution in [3.63, 3.8) is 0 Å². The van der Waals surface area contributed by atoms with Gasteiger partial charge in [0.15, 0.2) is 0 Å². The maximum Gasteiger partial charge on any atom is 0.255 e. The van der Waals surface area contributed by atoms with E-state index in [4.69, 9.17) is 5.73 Å². The van der Waals surface area contributed by atoms with Gasteiger partial charge in [-0.2, -0.15) is 5.10 Å². The van der Waals surface area contributed by atoms with Crippen molar-refractivity contribution in [1.29, 1.82) is 0 Å². The quantitative estimate of drug-likeness (QED) is 0.538. The average molecular weight is 397 g/mol. The van der Waals surface area contributed by atoms with E-state index >= 15 is 0 Å². The highest BCUT2D eigenvalue weighted by Gasteiger charge is 2.15. The molecule has 0 spiro atoms. The van der Waals surface area contributed by atoms with Gasteiger partial charge in [0.2, 0.25) is 5.91 Å². The molecule has 0 aliphatic carbocycles. The molecule has 2 aromatic heterocycles. The van der Waals surface area contributed by atoms with Gasteiger partial charge >= 0.3 is 0 Å². The Bertz CT molecular complexity index is 1230. The molecule has 0 aliphatic rings. The predicted octanol–water partition coefficient (Wildman–Crippen LogP) is 3.50. The number of nitrogens with one attached hydrogen (secondary N) is 1. The number of primary amides is 1. The van der Waals surface area contributed by atoms with Gasteiger partial charge in [-0.1, -0.05) is 42.5 Å². The summed E-state index contributed by atoms with van der Waals surface area (Å²) in [6, 6.07) is 20.0. The first-order valence-corrected chi connectivity index (χ1v) is 9.28. The van der Waals surface area contributed by atoms with E-state index in [1.54, 1.807) is 22.9 Å². The van der Waals surface area contributed by atoms with Gasteiger partial charge in [-0.25, -0.2) is 0 Å². The highest BCUT2D eigenvalue weighted by molar-refractivity contribution is 6.07. The Hall–Kier alpha value is -4.26. The molecule has 4 aromatic rings. The van der Waals surface area contributed by atoms with Gasteiger partial charge in [0.05, 0.1) is 22.6 Å². The first kappa shape index (κ1) is 19.1. The van der Waals surface area contributed by atoms with Gasteiger partial charge in [-0.05, 0) is 24.3 Å². The molecule has 7 heteroatoms. The minimum Gasteiger partial charge on any atom is -0.366 e. The number of benzene rings is 2. The largest absolute Gasteiger partial charge is 0.366 e. The minimum absolute atomic E-state index is 0.215. The molecule has 0 saturated carbocycles. The summed E-state index contributed by atoms with van der Waals surface area (Å²) >= 11 is 0. The van der Waals surface area contributed by atoms with E-state index in [9.17, 15) is 9.59 Å². The number of amides is 2. The van der Waals surface area contributed by atoms with Gasteiger partial charge in [0, 0.05) is 36.1 Å². The second-order valence-electron chi connectivity index (χ2n) is 6.76. The fourth-order valence-corrected chi connectivity index (χ4v) is 3.10. The lowest BCUT2D eigenvalue weighted by molar-refractivity contribution is 0.0996. The molecule has 2 heterocycles. The van der Waals surface area contributed by atoms with Crippen molar-refractivity contribution in [2.24, 2.45) is 12.8 Å². The Balaban J connectivity index is 1.69. The van der Waals surface area contributed by atoms with Crippen LogP contribution in [-0.4, -0.2) is 26.6 Å². The number of rotatable bonds is 5. The molecule has 0 radical (unpaired) electrons. The Morgan fingerprint density at radius 2 is 1.70 bits per heavy atom. The summed E-state index contributed by atoms with van der Waals surface area (Å²) < 4.78 is 1.70. The van der Waals surface area contributed by atoms with Crippen LogP contribution in [0.15, 0.2) is 79.1 Å². The SMILES string of the molecule is Cn1ccc(-c2cccc(C(=O)Nc3cc(C(N)=O)cnc3-c3ccccc3)c2)n1. The van der Waals surface area contributed by atoms with Crippen LogP contribution in [0.1, 0.15) is 20.7 Å². The van der Waals surface area contributed by atoms with Crippen LogP contribution in [0.3, 0.4) is 0 Å². The van der Waals surface area contributed by atoms with Gasteiger partial charge in [0.1, 0.15) is 0 Å². The predicted molar refractivity (Wildman–Crippen MR) is 115 cm³/mol. The Kier molecular flexibility index (Phi) is 5.09. The molecule has 0 atom stereocenters. The number of nitrogens with two attached hydrogens (primary N) is 1. The Labute approximate surface area is 173 Å². The lowest BCUT2D eigenvalue weighted by Crippen LogP contribution is -2.16. The third kappa shape index (κ3) is 3.95. The number of pyridine rings is 1. The molecule has 3 N–H and O–H groups in total. The van der Waals surface area contributed by atoms with E-state index in [-0.39, 0.29) is 11.5 Å². The minimum atomic E-state index is -0.616. The van der Waals surface area contributed by atoms with Crippen molar-refractivity contribution >= 4 is 17.5 Å². The number of anilines is 1. The van der Waals surface area contributed by atoms with Crippen molar-refractivity contribution in [1.82, 2.24) is 14.8 Å². The van der Waals surface area contributed by atoms with Crippen LogP contribution in [0.25, 0.3) is 22.5 Å². The Morgan fingerprint density at radius 1 is 0.933 bits per heavy atom. The monoisotopic (exact) mass is 397 g/mol. The number of carbonyl (C=O) groups is 2. The highest BCUT2D eigenvalue weighted by atomic mass is 16.2. The first-order chi connectivity index (χ1) is 14.5. The molecule has 2 amide bonds.